The number of carbonyl (C=O) groups excluding carboxylic acids is 2. The number of benzene rings is 2. The van der Waals surface area contributed by atoms with Crippen LogP contribution >= 0.6 is 23.2 Å². The number of carbonyl (C=O) groups is 2. The van der Waals surface area contributed by atoms with Gasteiger partial charge in [0.05, 0.1) is 16.3 Å². The summed E-state index contributed by atoms with van der Waals surface area (Å²) in [5.74, 6) is -0.0960. The molecule has 2 aliphatic heterocycles. The van der Waals surface area contributed by atoms with E-state index in [9.17, 15) is 9.59 Å². The van der Waals surface area contributed by atoms with E-state index in [0.717, 1.165) is 42.0 Å². The summed E-state index contributed by atoms with van der Waals surface area (Å²) >= 11 is 12.5. The largest absolute Gasteiger partial charge is 0.366 e. The second kappa shape index (κ2) is 7.85. The molecule has 29 heavy (non-hydrogen) atoms. The lowest BCUT2D eigenvalue weighted by atomic mass is 9.97. The normalized spacial score (nSPS) is 18.2. The Morgan fingerprint density at radius 1 is 0.931 bits per heavy atom. The molecule has 0 unspecified atom stereocenters. The van der Waals surface area contributed by atoms with Gasteiger partial charge >= 0.3 is 0 Å². The quantitative estimate of drug-likeness (QED) is 0.621. The Kier molecular flexibility index (Phi) is 5.41. The maximum absolute atomic E-state index is 13.5. The third kappa shape index (κ3) is 3.67. The van der Waals surface area contributed by atoms with Crippen LogP contribution in [0, 0.1) is 12.8 Å². The molecule has 2 aromatic carbocycles. The smallest absolute Gasteiger partial charge is 0.282 e. The molecule has 2 aromatic rings. The van der Waals surface area contributed by atoms with Crippen LogP contribution in [0.15, 0.2) is 48.2 Å². The number of amides is 2. The van der Waals surface area contributed by atoms with Gasteiger partial charge in [-0.05, 0) is 49.4 Å². The standard InChI is InChI=1S/C23H22Cl2N2O2/c1-14-3-5-16(6-4-14)20-21(26-11-9-15(2)10-12-26)23(29)27(22(20)28)19-13-17(24)7-8-18(19)25/h3-8,13,15H,9-12H2,1-2H3. The second-order valence-corrected chi connectivity index (χ2v) is 8.64. The van der Waals surface area contributed by atoms with Gasteiger partial charge < -0.3 is 4.90 Å². The molecule has 6 heteroatoms. The van der Waals surface area contributed by atoms with Gasteiger partial charge in [-0.3, -0.25) is 9.59 Å². The molecule has 2 amide bonds. The van der Waals surface area contributed by atoms with Crippen LogP contribution in [-0.2, 0) is 9.59 Å². The first-order valence-electron chi connectivity index (χ1n) is 9.77. The third-order valence-corrected chi connectivity index (χ3v) is 6.20. The van der Waals surface area contributed by atoms with Crippen LogP contribution in [0.3, 0.4) is 0 Å². The first-order chi connectivity index (χ1) is 13.9. The Hall–Kier alpha value is -2.30. The van der Waals surface area contributed by atoms with Gasteiger partial charge in [0.2, 0.25) is 0 Å². The Balaban J connectivity index is 1.83. The van der Waals surface area contributed by atoms with Crippen LogP contribution in [0.5, 0.6) is 0 Å². The summed E-state index contributed by atoms with van der Waals surface area (Å²) < 4.78 is 0. The van der Waals surface area contributed by atoms with Crippen LogP contribution < -0.4 is 4.90 Å². The number of imide groups is 1. The zero-order chi connectivity index (χ0) is 20.7. The van der Waals surface area contributed by atoms with E-state index in [2.05, 4.69) is 6.92 Å². The molecule has 4 rings (SSSR count). The van der Waals surface area contributed by atoms with E-state index in [1.54, 1.807) is 18.2 Å². The van der Waals surface area contributed by atoms with E-state index in [4.69, 9.17) is 23.2 Å². The van der Waals surface area contributed by atoms with Crippen molar-refractivity contribution in [3.8, 4) is 0 Å². The highest BCUT2D eigenvalue weighted by Gasteiger charge is 2.43. The number of hydrogen-bond donors (Lipinski definition) is 0. The Labute approximate surface area is 180 Å². The molecule has 2 aliphatic rings. The van der Waals surface area contributed by atoms with E-state index in [-0.39, 0.29) is 11.8 Å². The monoisotopic (exact) mass is 428 g/mol. The molecule has 0 aromatic heterocycles. The van der Waals surface area contributed by atoms with Crippen molar-refractivity contribution in [2.24, 2.45) is 5.92 Å². The van der Waals surface area contributed by atoms with Crippen LogP contribution in [0.2, 0.25) is 10.0 Å². The minimum atomic E-state index is -0.364. The lowest BCUT2D eigenvalue weighted by Gasteiger charge is -2.32. The van der Waals surface area contributed by atoms with E-state index in [0.29, 0.717) is 32.9 Å². The highest BCUT2D eigenvalue weighted by molar-refractivity contribution is 6.47. The SMILES string of the molecule is Cc1ccc(C2=C(N3CCC(C)CC3)C(=O)N(c3cc(Cl)ccc3Cl)C2=O)cc1. The molecule has 0 atom stereocenters. The van der Waals surface area contributed by atoms with Crippen molar-refractivity contribution in [1.82, 2.24) is 4.90 Å². The van der Waals surface area contributed by atoms with E-state index >= 15 is 0 Å². The van der Waals surface area contributed by atoms with Crippen molar-refractivity contribution in [2.45, 2.75) is 26.7 Å². The predicted molar refractivity (Wildman–Crippen MR) is 117 cm³/mol. The number of anilines is 1. The number of likely N-dealkylation sites (tertiary alicyclic amines) is 1. The molecule has 4 nitrogen and oxygen atoms in total. The molecule has 1 fully saturated rings. The molecule has 0 aliphatic carbocycles. The summed E-state index contributed by atoms with van der Waals surface area (Å²) in [4.78, 5) is 30.2. The molecule has 0 N–H and O–H groups in total. The van der Waals surface area contributed by atoms with Gasteiger partial charge in [-0.15, -0.1) is 0 Å². The highest BCUT2D eigenvalue weighted by atomic mass is 35.5. The Bertz CT molecular complexity index is 1010. The second-order valence-electron chi connectivity index (χ2n) is 7.80. The topological polar surface area (TPSA) is 40.6 Å². The first kappa shape index (κ1) is 20.0. The average molecular weight is 429 g/mol. The molecular weight excluding hydrogens is 407 g/mol. The fourth-order valence-corrected chi connectivity index (χ4v) is 4.27. The Morgan fingerprint density at radius 2 is 1.59 bits per heavy atom. The number of halogens is 2. The lowest BCUT2D eigenvalue weighted by Crippen LogP contribution is -2.38. The Morgan fingerprint density at radius 3 is 2.24 bits per heavy atom. The molecule has 1 saturated heterocycles. The molecule has 2 heterocycles. The average Bonchev–Trinajstić information content (AvgIpc) is 2.95. The maximum atomic E-state index is 13.5. The summed E-state index contributed by atoms with van der Waals surface area (Å²) in [6.07, 6.45) is 1.98. The van der Waals surface area contributed by atoms with Gasteiger partial charge in [0.1, 0.15) is 5.70 Å². The van der Waals surface area contributed by atoms with Crippen molar-refractivity contribution in [2.75, 3.05) is 18.0 Å². The molecule has 0 saturated carbocycles. The van der Waals surface area contributed by atoms with Gasteiger partial charge in [-0.1, -0.05) is 60.0 Å². The van der Waals surface area contributed by atoms with Gasteiger partial charge in [0.15, 0.2) is 0 Å². The number of aryl methyl sites for hydroxylation is 1. The highest BCUT2D eigenvalue weighted by Crippen LogP contribution is 2.39. The molecule has 150 valence electrons. The first-order valence-corrected chi connectivity index (χ1v) is 10.5. The number of piperidine rings is 1. The van der Waals surface area contributed by atoms with Crippen LogP contribution in [0.1, 0.15) is 30.9 Å². The predicted octanol–water partition coefficient (Wildman–Crippen LogP) is 5.32. The molecule has 0 spiro atoms. The third-order valence-electron chi connectivity index (χ3n) is 5.65. The summed E-state index contributed by atoms with van der Waals surface area (Å²) in [5, 5.41) is 0.731. The van der Waals surface area contributed by atoms with Crippen LogP contribution in [0.25, 0.3) is 5.57 Å². The maximum Gasteiger partial charge on any atom is 0.282 e. The van der Waals surface area contributed by atoms with Gasteiger partial charge in [-0.2, -0.15) is 0 Å². The summed E-state index contributed by atoms with van der Waals surface area (Å²) in [6.45, 7) is 5.71. The minimum absolute atomic E-state index is 0.313. The summed E-state index contributed by atoms with van der Waals surface area (Å²) in [6, 6.07) is 12.5. The van der Waals surface area contributed by atoms with Gasteiger partial charge in [-0.25, -0.2) is 4.90 Å². The van der Waals surface area contributed by atoms with Crippen molar-refractivity contribution in [3.05, 3.63) is 69.3 Å². The lowest BCUT2D eigenvalue weighted by molar-refractivity contribution is -0.120. The van der Waals surface area contributed by atoms with Crippen molar-refractivity contribution >= 4 is 46.3 Å². The van der Waals surface area contributed by atoms with Crippen molar-refractivity contribution in [1.29, 1.82) is 0 Å². The number of rotatable bonds is 3. The van der Waals surface area contributed by atoms with Crippen molar-refractivity contribution in [3.63, 3.8) is 0 Å². The van der Waals surface area contributed by atoms with Gasteiger partial charge in [0.25, 0.3) is 11.8 Å². The van der Waals surface area contributed by atoms with Crippen LogP contribution in [0.4, 0.5) is 5.69 Å². The van der Waals surface area contributed by atoms with E-state index < -0.39 is 0 Å². The van der Waals surface area contributed by atoms with E-state index in [1.807, 2.05) is 36.1 Å². The van der Waals surface area contributed by atoms with E-state index in [1.165, 1.54) is 0 Å². The molecule has 0 bridgehead atoms. The number of hydrogen-bond acceptors (Lipinski definition) is 3. The minimum Gasteiger partial charge on any atom is -0.366 e. The summed E-state index contributed by atoms with van der Waals surface area (Å²) in [7, 11) is 0. The number of nitrogens with zero attached hydrogens (tertiary/aromatic N) is 2. The van der Waals surface area contributed by atoms with Gasteiger partial charge in [0, 0.05) is 18.1 Å². The van der Waals surface area contributed by atoms with Crippen LogP contribution in [-0.4, -0.2) is 29.8 Å². The molecular formula is C23H22Cl2N2O2. The zero-order valence-corrected chi connectivity index (χ0v) is 17.9. The van der Waals surface area contributed by atoms with Crippen molar-refractivity contribution < 1.29 is 9.59 Å². The fourth-order valence-electron chi connectivity index (χ4n) is 3.90. The fraction of sp³-hybridized carbons (Fsp3) is 0.304. The zero-order valence-electron chi connectivity index (χ0n) is 16.4. The molecule has 0 radical (unpaired) electrons. The summed E-state index contributed by atoms with van der Waals surface area (Å²) in [5.41, 5.74) is 3.04.